The molecule has 0 radical (unpaired) electrons. The molecule has 0 unspecified atom stereocenters. The zero-order valence-corrected chi connectivity index (χ0v) is 20.7. The van der Waals surface area contributed by atoms with Gasteiger partial charge in [0.1, 0.15) is 23.3 Å². The number of rotatable bonds is 7. The first-order chi connectivity index (χ1) is 17.6. The third-order valence-electron chi connectivity index (χ3n) is 6.04. The van der Waals surface area contributed by atoms with E-state index in [0.29, 0.717) is 34.4 Å². The van der Waals surface area contributed by atoms with Gasteiger partial charge < -0.3 is 24.1 Å². The molecule has 8 heteroatoms. The molecule has 2 atom stereocenters. The molecule has 1 aliphatic rings. The maximum atomic E-state index is 12.3. The second kappa shape index (κ2) is 10.2. The van der Waals surface area contributed by atoms with Gasteiger partial charge in [0, 0.05) is 17.4 Å². The maximum absolute atomic E-state index is 12.3. The Morgan fingerprint density at radius 3 is 2.56 bits per heavy atom. The molecule has 1 N–H and O–H groups in total. The third-order valence-corrected chi connectivity index (χ3v) is 6.35. The lowest BCUT2D eigenvalue weighted by atomic mass is 10.0. The van der Waals surface area contributed by atoms with Crippen molar-refractivity contribution < 1.29 is 18.7 Å². The quantitative estimate of drug-likeness (QED) is 0.256. The van der Waals surface area contributed by atoms with Crippen LogP contribution < -0.4 is 15.0 Å². The molecule has 0 spiro atoms. The van der Waals surface area contributed by atoms with Gasteiger partial charge >= 0.3 is 5.97 Å². The highest BCUT2D eigenvalue weighted by Gasteiger charge is 2.42. The summed E-state index contributed by atoms with van der Waals surface area (Å²) in [5.74, 6) is 1.61. The van der Waals surface area contributed by atoms with E-state index >= 15 is 0 Å². The summed E-state index contributed by atoms with van der Waals surface area (Å²) in [7, 11) is 1.37. The van der Waals surface area contributed by atoms with E-state index < -0.39 is 5.97 Å². The number of nitrogens with zero attached hydrogens (tertiary/aromatic N) is 2. The molecule has 0 aliphatic carbocycles. The van der Waals surface area contributed by atoms with Crippen LogP contribution >= 0.6 is 12.2 Å². The summed E-state index contributed by atoms with van der Waals surface area (Å²) >= 11 is 5.78. The summed E-state index contributed by atoms with van der Waals surface area (Å²) in [5.41, 5.74) is 2.83. The van der Waals surface area contributed by atoms with Gasteiger partial charge in [-0.2, -0.15) is 0 Å². The first-order valence-corrected chi connectivity index (χ1v) is 12.0. The average molecular weight is 500 g/mol. The molecule has 2 aromatic heterocycles. The molecule has 3 heterocycles. The van der Waals surface area contributed by atoms with Crippen LogP contribution in [0.3, 0.4) is 0 Å². The predicted molar refractivity (Wildman–Crippen MR) is 141 cm³/mol. The molecular formula is C28H25N3O4S. The molecule has 1 fully saturated rings. The normalized spacial score (nSPS) is 17.1. The summed E-state index contributed by atoms with van der Waals surface area (Å²) in [6.07, 6.45) is 1.76. The number of methoxy groups -OCH3 is 1. The Labute approximate surface area is 214 Å². The molecule has 182 valence electrons. The molecule has 7 nitrogen and oxygen atoms in total. The van der Waals surface area contributed by atoms with E-state index in [1.54, 1.807) is 18.3 Å². The largest absolute Gasteiger partial charge is 0.494 e. The lowest BCUT2D eigenvalue weighted by molar-refractivity contribution is 0.0601. The number of nitrogens with one attached hydrogen (secondary N) is 1. The van der Waals surface area contributed by atoms with Crippen LogP contribution in [-0.2, 0) is 4.74 Å². The van der Waals surface area contributed by atoms with Gasteiger partial charge in [-0.3, -0.25) is 4.98 Å². The highest BCUT2D eigenvalue weighted by Crippen LogP contribution is 2.43. The molecule has 2 aromatic carbocycles. The maximum Gasteiger partial charge on any atom is 0.338 e. The van der Waals surface area contributed by atoms with Crippen molar-refractivity contribution >= 4 is 29.0 Å². The van der Waals surface area contributed by atoms with Gasteiger partial charge in [-0.05, 0) is 73.7 Å². The Bertz CT molecular complexity index is 1370. The van der Waals surface area contributed by atoms with Crippen molar-refractivity contribution in [2.24, 2.45) is 0 Å². The first-order valence-electron chi connectivity index (χ1n) is 11.6. The number of anilines is 1. The zero-order chi connectivity index (χ0) is 25.1. The number of pyridine rings is 1. The van der Waals surface area contributed by atoms with Crippen LogP contribution in [0.25, 0.3) is 11.3 Å². The minimum atomic E-state index is -0.422. The number of ether oxygens (including phenoxy) is 2. The Morgan fingerprint density at radius 1 is 1.06 bits per heavy atom. The van der Waals surface area contributed by atoms with Crippen molar-refractivity contribution in [3.63, 3.8) is 0 Å². The smallest absolute Gasteiger partial charge is 0.338 e. The second-order valence-electron chi connectivity index (χ2n) is 8.16. The van der Waals surface area contributed by atoms with Crippen molar-refractivity contribution in [2.75, 3.05) is 18.6 Å². The highest BCUT2D eigenvalue weighted by atomic mass is 32.1. The van der Waals surface area contributed by atoms with Crippen molar-refractivity contribution in [1.29, 1.82) is 0 Å². The topological polar surface area (TPSA) is 76.8 Å². The number of hydrogen-bond acceptors (Lipinski definition) is 6. The summed E-state index contributed by atoms with van der Waals surface area (Å²) in [4.78, 5) is 19.0. The second-order valence-corrected chi connectivity index (χ2v) is 8.55. The predicted octanol–water partition coefficient (Wildman–Crippen LogP) is 5.70. The highest BCUT2D eigenvalue weighted by molar-refractivity contribution is 7.80. The Balaban J connectivity index is 1.58. The number of furan rings is 1. The number of thiocarbonyl (C=S) groups is 1. The lowest BCUT2D eigenvalue weighted by Gasteiger charge is -2.26. The number of aromatic nitrogens is 1. The number of hydrogen-bond donors (Lipinski definition) is 1. The van der Waals surface area contributed by atoms with Crippen molar-refractivity contribution in [1.82, 2.24) is 10.3 Å². The lowest BCUT2D eigenvalue weighted by Crippen LogP contribution is -2.29. The third kappa shape index (κ3) is 4.43. The fourth-order valence-corrected chi connectivity index (χ4v) is 4.78. The molecule has 1 saturated heterocycles. The zero-order valence-electron chi connectivity index (χ0n) is 19.9. The van der Waals surface area contributed by atoms with E-state index in [4.69, 9.17) is 26.1 Å². The summed E-state index contributed by atoms with van der Waals surface area (Å²) in [6.45, 7) is 2.55. The van der Waals surface area contributed by atoms with Crippen molar-refractivity contribution in [3.8, 4) is 17.1 Å². The van der Waals surface area contributed by atoms with Crippen LogP contribution in [-0.4, -0.2) is 29.8 Å². The van der Waals surface area contributed by atoms with Crippen LogP contribution in [0, 0.1) is 0 Å². The van der Waals surface area contributed by atoms with Gasteiger partial charge in [-0.1, -0.05) is 24.3 Å². The summed E-state index contributed by atoms with van der Waals surface area (Å²) < 4.78 is 17.0. The van der Waals surface area contributed by atoms with Gasteiger partial charge in [0.25, 0.3) is 0 Å². The van der Waals surface area contributed by atoms with E-state index in [1.807, 2.05) is 78.6 Å². The Hall–Kier alpha value is -4.17. The molecule has 1 aliphatic heterocycles. The fourth-order valence-electron chi connectivity index (χ4n) is 4.43. The van der Waals surface area contributed by atoms with E-state index in [0.717, 1.165) is 17.1 Å². The minimum Gasteiger partial charge on any atom is -0.494 e. The van der Waals surface area contributed by atoms with Crippen molar-refractivity contribution in [2.45, 2.75) is 19.0 Å². The summed E-state index contributed by atoms with van der Waals surface area (Å²) in [6, 6.07) is 24.0. The van der Waals surface area contributed by atoms with Gasteiger partial charge in [0.15, 0.2) is 5.11 Å². The van der Waals surface area contributed by atoms with Gasteiger partial charge in [0.2, 0.25) is 0 Å². The van der Waals surface area contributed by atoms with E-state index in [9.17, 15) is 4.79 Å². The molecule has 5 rings (SSSR count). The fraction of sp³-hybridized carbons (Fsp3) is 0.179. The van der Waals surface area contributed by atoms with Crippen LogP contribution in [0.4, 0.5) is 5.69 Å². The van der Waals surface area contributed by atoms with Gasteiger partial charge in [-0.15, -0.1) is 0 Å². The van der Waals surface area contributed by atoms with Crippen LogP contribution in [0.2, 0.25) is 0 Å². The molecule has 0 amide bonds. The number of carbonyl (C=O) groups is 1. The monoisotopic (exact) mass is 499 g/mol. The Kier molecular flexibility index (Phi) is 6.69. The Morgan fingerprint density at radius 2 is 1.83 bits per heavy atom. The van der Waals surface area contributed by atoms with Gasteiger partial charge in [0.05, 0.1) is 31.0 Å². The van der Waals surface area contributed by atoms with Crippen LogP contribution in [0.1, 0.15) is 40.8 Å². The number of carbonyl (C=O) groups excluding carboxylic acids is 1. The standard InChI is InChI=1S/C28H25N3O4S/c1-3-34-19-13-11-18(12-14-19)31-26(25(30-28(31)36)22-10-6-7-17-29-22)24-16-15-23(35-24)20-8-4-5-9-21(20)27(32)33-2/h4-17,25-26H,3H2,1-2H3,(H,30,36)/t25-,26+/m1/s1. The van der Waals surface area contributed by atoms with Crippen LogP contribution in [0.5, 0.6) is 5.75 Å². The molecule has 0 saturated carbocycles. The number of benzene rings is 2. The summed E-state index contributed by atoms with van der Waals surface area (Å²) in [5, 5.41) is 3.99. The molecule has 4 aromatic rings. The average Bonchev–Trinajstić information content (AvgIpc) is 3.54. The SMILES string of the molecule is CCOc1ccc(N2C(=S)N[C@H](c3ccccn3)[C@@H]2c2ccc(-c3ccccc3C(=O)OC)o2)cc1. The van der Waals surface area contributed by atoms with Crippen molar-refractivity contribution in [3.05, 3.63) is 102 Å². The van der Waals surface area contributed by atoms with E-state index in [-0.39, 0.29) is 12.1 Å². The molecule has 0 bridgehead atoms. The minimum absolute atomic E-state index is 0.250. The van der Waals surface area contributed by atoms with Crippen LogP contribution in [0.15, 0.2) is 89.5 Å². The first kappa shape index (κ1) is 23.6. The number of esters is 1. The molecular weight excluding hydrogens is 474 g/mol. The molecule has 36 heavy (non-hydrogen) atoms. The van der Waals surface area contributed by atoms with Gasteiger partial charge in [-0.25, -0.2) is 4.79 Å². The van der Waals surface area contributed by atoms with E-state index in [1.165, 1.54) is 7.11 Å². The van der Waals surface area contributed by atoms with E-state index in [2.05, 4.69) is 10.3 Å².